The lowest BCUT2D eigenvalue weighted by Gasteiger charge is -2.19. The number of amides is 1. The number of benzene rings is 1. The van der Waals surface area contributed by atoms with E-state index in [1.54, 1.807) is 42.2 Å². The van der Waals surface area contributed by atoms with Gasteiger partial charge in [0, 0.05) is 17.8 Å². The fraction of sp³-hybridized carbons (Fsp3) is 0.100. The Morgan fingerprint density at radius 3 is 2.77 bits per heavy atom. The van der Waals surface area contributed by atoms with Crippen LogP contribution in [0.2, 0.25) is 5.02 Å². The van der Waals surface area contributed by atoms with Crippen LogP contribution < -0.4 is 16.2 Å². The van der Waals surface area contributed by atoms with E-state index in [4.69, 9.17) is 27.8 Å². The number of rotatable bonds is 5. The van der Waals surface area contributed by atoms with Crippen LogP contribution in [0.25, 0.3) is 16.6 Å². The predicted octanol–water partition coefficient (Wildman–Crippen LogP) is 3.43. The minimum Gasteiger partial charge on any atom is -0.480 e. The van der Waals surface area contributed by atoms with Crippen LogP contribution in [0.1, 0.15) is 29.2 Å². The molecule has 4 rings (SSSR count). The van der Waals surface area contributed by atoms with Crippen LogP contribution in [-0.4, -0.2) is 25.7 Å². The van der Waals surface area contributed by atoms with Crippen molar-refractivity contribution >= 4 is 34.2 Å². The van der Waals surface area contributed by atoms with Gasteiger partial charge in [0.2, 0.25) is 0 Å². The summed E-state index contributed by atoms with van der Waals surface area (Å²) in [5.74, 6) is -0.917. The van der Waals surface area contributed by atoms with Crippen molar-refractivity contribution in [2.75, 3.05) is 5.73 Å². The van der Waals surface area contributed by atoms with Crippen molar-refractivity contribution < 1.29 is 13.9 Å². The molecule has 4 N–H and O–H groups in total. The second-order valence-corrected chi connectivity index (χ2v) is 6.91. The molecule has 0 fully saturated rings. The molecule has 0 unspecified atom stereocenters. The third-order valence-corrected chi connectivity index (χ3v) is 4.73. The van der Waals surface area contributed by atoms with Gasteiger partial charge in [-0.25, -0.2) is 19.0 Å². The number of aromatic nitrogens is 4. The highest BCUT2D eigenvalue weighted by Gasteiger charge is 2.20. The van der Waals surface area contributed by atoms with Gasteiger partial charge in [0.15, 0.2) is 11.6 Å². The van der Waals surface area contributed by atoms with Gasteiger partial charge in [-0.3, -0.25) is 4.79 Å². The lowest BCUT2D eigenvalue weighted by molar-refractivity contribution is 0.0994. The van der Waals surface area contributed by atoms with Crippen LogP contribution in [0, 0.1) is 5.82 Å². The Morgan fingerprint density at radius 1 is 1.27 bits per heavy atom. The van der Waals surface area contributed by atoms with E-state index in [0.29, 0.717) is 22.3 Å². The van der Waals surface area contributed by atoms with Crippen LogP contribution in [0.15, 0.2) is 48.8 Å². The van der Waals surface area contributed by atoms with Gasteiger partial charge in [0.05, 0.1) is 16.2 Å². The molecular weight excluding hydrogens is 411 g/mol. The Labute approximate surface area is 175 Å². The van der Waals surface area contributed by atoms with E-state index in [9.17, 15) is 9.18 Å². The predicted molar refractivity (Wildman–Crippen MR) is 110 cm³/mol. The van der Waals surface area contributed by atoms with Gasteiger partial charge in [0.1, 0.15) is 23.3 Å². The van der Waals surface area contributed by atoms with Gasteiger partial charge >= 0.3 is 0 Å². The van der Waals surface area contributed by atoms with E-state index in [-0.39, 0.29) is 22.3 Å². The zero-order valence-electron chi connectivity index (χ0n) is 15.7. The number of pyridine rings is 2. The normalized spacial score (nSPS) is 12.1. The molecule has 0 aliphatic rings. The Hall–Kier alpha value is -3.72. The van der Waals surface area contributed by atoms with Gasteiger partial charge in [-0.1, -0.05) is 11.6 Å². The molecule has 152 valence electrons. The van der Waals surface area contributed by atoms with Crippen LogP contribution in [0.3, 0.4) is 0 Å². The monoisotopic (exact) mass is 426 g/mol. The van der Waals surface area contributed by atoms with E-state index in [1.807, 2.05) is 0 Å². The number of anilines is 1. The molecule has 0 aliphatic carbocycles. The Kier molecular flexibility index (Phi) is 4.96. The summed E-state index contributed by atoms with van der Waals surface area (Å²) in [5, 5.41) is 4.62. The number of halogens is 2. The Morgan fingerprint density at radius 2 is 2.07 bits per heavy atom. The zero-order valence-corrected chi connectivity index (χ0v) is 16.5. The van der Waals surface area contributed by atoms with E-state index in [0.717, 1.165) is 0 Å². The first-order valence-electron chi connectivity index (χ1n) is 8.86. The highest BCUT2D eigenvalue weighted by atomic mass is 35.5. The third-order valence-electron chi connectivity index (χ3n) is 4.44. The maximum atomic E-state index is 13.8. The van der Waals surface area contributed by atoms with Gasteiger partial charge in [-0.15, -0.1) is 0 Å². The number of primary amides is 1. The minimum absolute atomic E-state index is 0.0484. The SMILES string of the molecule is C[C@H](Oc1cc2cc(F)c(Cl)cc2nc1N)c1nc(C(N)=O)ccc1-n1cccn1. The summed E-state index contributed by atoms with van der Waals surface area (Å²) in [6.07, 6.45) is 2.68. The fourth-order valence-corrected chi connectivity index (χ4v) is 3.17. The molecular formula is C20H16ClFN6O2. The van der Waals surface area contributed by atoms with Crippen LogP contribution in [-0.2, 0) is 0 Å². The number of hydrogen-bond donors (Lipinski definition) is 2. The van der Waals surface area contributed by atoms with Crippen LogP contribution >= 0.6 is 11.6 Å². The molecule has 0 spiro atoms. The van der Waals surface area contributed by atoms with Gasteiger partial charge in [0.25, 0.3) is 5.91 Å². The summed E-state index contributed by atoms with van der Waals surface area (Å²) in [6.45, 7) is 1.73. The highest BCUT2D eigenvalue weighted by Crippen LogP contribution is 2.32. The molecule has 0 aliphatic heterocycles. The summed E-state index contributed by atoms with van der Waals surface area (Å²) in [4.78, 5) is 20.2. The topological polar surface area (TPSA) is 122 Å². The third kappa shape index (κ3) is 3.62. The van der Waals surface area contributed by atoms with E-state index in [2.05, 4.69) is 15.1 Å². The molecule has 0 bridgehead atoms. The van der Waals surface area contributed by atoms with Crippen molar-refractivity contribution in [2.24, 2.45) is 5.73 Å². The number of ether oxygens (including phenoxy) is 1. The largest absolute Gasteiger partial charge is 0.480 e. The molecule has 0 saturated carbocycles. The first-order valence-corrected chi connectivity index (χ1v) is 9.24. The maximum absolute atomic E-state index is 13.8. The summed E-state index contributed by atoms with van der Waals surface area (Å²) in [6, 6.07) is 9.15. The van der Waals surface area contributed by atoms with Gasteiger partial charge in [-0.2, -0.15) is 5.10 Å². The van der Waals surface area contributed by atoms with E-state index < -0.39 is 17.8 Å². The van der Waals surface area contributed by atoms with Crippen LogP contribution in [0.5, 0.6) is 5.75 Å². The molecule has 1 atom stereocenters. The molecule has 3 heterocycles. The first-order chi connectivity index (χ1) is 14.3. The summed E-state index contributed by atoms with van der Waals surface area (Å²) < 4.78 is 21.4. The molecule has 0 radical (unpaired) electrons. The standard InChI is InChI=1S/C20H16ClFN6O2/c1-10(18-16(28-6-2-5-25-28)4-3-14(26-18)20(24)29)30-17-8-11-7-13(22)12(21)9-15(11)27-19(17)23/h2-10H,1H3,(H2,23,27)(H2,24,29)/t10-/m0/s1. The molecule has 10 heteroatoms. The maximum Gasteiger partial charge on any atom is 0.267 e. The van der Waals surface area contributed by atoms with Gasteiger partial charge < -0.3 is 16.2 Å². The Balaban J connectivity index is 1.75. The number of nitrogens with zero attached hydrogens (tertiary/aromatic N) is 4. The Bertz CT molecular complexity index is 1260. The number of nitrogen functional groups attached to an aromatic ring is 1. The smallest absolute Gasteiger partial charge is 0.267 e. The van der Waals surface area contributed by atoms with Crippen molar-refractivity contribution in [3.8, 4) is 11.4 Å². The van der Waals surface area contributed by atoms with E-state index >= 15 is 0 Å². The summed E-state index contributed by atoms with van der Waals surface area (Å²) >= 11 is 5.81. The first kappa shape index (κ1) is 19.6. The van der Waals surface area contributed by atoms with Gasteiger partial charge in [-0.05, 0) is 43.3 Å². The number of nitrogens with two attached hydrogens (primary N) is 2. The zero-order chi connectivity index (χ0) is 21.4. The number of fused-ring (bicyclic) bond motifs is 1. The number of carbonyl (C=O) groups is 1. The molecule has 0 saturated heterocycles. The molecule has 3 aromatic heterocycles. The average molecular weight is 427 g/mol. The average Bonchev–Trinajstić information content (AvgIpc) is 3.24. The van der Waals surface area contributed by atoms with E-state index in [1.165, 1.54) is 18.2 Å². The lowest BCUT2D eigenvalue weighted by Crippen LogP contribution is -2.18. The minimum atomic E-state index is -0.672. The molecule has 1 amide bonds. The van der Waals surface area contributed by atoms with Crippen molar-refractivity contribution in [1.29, 1.82) is 0 Å². The fourth-order valence-electron chi connectivity index (χ4n) is 3.01. The molecule has 4 aromatic rings. The highest BCUT2D eigenvalue weighted by molar-refractivity contribution is 6.31. The van der Waals surface area contributed by atoms with Crippen molar-refractivity contribution in [3.63, 3.8) is 0 Å². The second-order valence-electron chi connectivity index (χ2n) is 6.51. The van der Waals surface area contributed by atoms with Crippen molar-refractivity contribution in [2.45, 2.75) is 13.0 Å². The van der Waals surface area contributed by atoms with Crippen LogP contribution in [0.4, 0.5) is 10.2 Å². The number of hydrogen-bond acceptors (Lipinski definition) is 6. The number of carbonyl (C=O) groups excluding carboxylic acids is 1. The summed E-state index contributed by atoms with van der Waals surface area (Å²) in [5.41, 5.74) is 12.9. The molecule has 1 aromatic carbocycles. The molecule has 8 nitrogen and oxygen atoms in total. The molecule has 30 heavy (non-hydrogen) atoms. The van der Waals surface area contributed by atoms with Crippen molar-refractivity contribution in [1.82, 2.24) is 19.7 Å². The lowest BCUT2D eigenvalue weighted by atomic mass is 10.1. The quantitative estimate of drug-likeness (QED) is 0.504. The summed E-state index contributed by atoms with van der Waals surface area (Å²) in [7, 11) is 0. The van der Waals surface area contributed by atoms with Crippen molar-refractivity contribution in [3.05, 3.63) is 71.0 Å². The second kappa shape index (κ2) is 7.60.